The van der Waals surface area contributed by atoms with Crippen molar-refractivity contribution in [3.8, 4) is 5.88 Å². The van der Waals surface area contributed by atoms with Gasteiger partial charge in [0.2, 0.25) is 11.8 Å². The van der Waals surface area contributed by atoms with Crippen molar-refractivity contribution in [2.24, 2.45) is 5.92 Å². The Labute approximate surface area is 241 Å². The highest BCUT2D eigenvalue weighted by atomic mass is 32.2. The average Bonchev–Trinajstić information content (AvgIpc) is 3.47. The van der Waals surface area contributed by atoms with Gasteiger partial charge in [0, 0.05) is 45.0 Å². The van der Waals surface area contributed by atoms with Gasteiger partial charge in [-0.15, -0.1) is 0 Å². The summed E-state index contributed by atoms with van der Waals surface area (Å²) in [6, 6.07) is 6.70. The van der Waals surface area contributed by atoms with Crippen molar-refractivity contribution in [2.75, 3.05) is 76.8 Å². The van der Waals surface area contributed by atoms with Crippen molar-refractivity contribution in [2.45, 2.75) is 37.0 Å². The van der Waals surface area contributed by atoms with Crippen LogP contribution in [0.15, 0.2) is 35.5 Å². The molecule has 41 heavy (non-hydrogen) atoms. The first kappa shape index (κ1) is 29.6. The van der Waals surface area contributed by atoms with E-state index in [0.29, 0.717) is 65.9 Å². The first-order chi connectivity index (χ1) is 20.0. The average molecular weight is 588 g/mol. The van der Waals surface area contributed by atoms with Gasteiger partial charge in [-0.1, -0.05) is 19.3 Å². The van der Waals surface area contributed by atoms with Crippen LogP contribution in [0.4, 0.5) is 11.6 Å². The molecule has 0 unspecified atom stereocenters. The van der Waals surface area contributed by atoms with E-state index in [-0.39, 0.29) is 12.4 Å². The Kier molecular flexibility index (Phi) is 10.4. The Balaban J connectivity index is 1.13. The van der Waals surface area contributed by atoms with E-state index in [1.165, 1.54) is 32.1 Å². The number of imidazole rings is 1. The van der Waals surface area contributed by atoms with Crippen LogP contribution in [0.3, 0.4) is 0 Å². The minimum Gasteiger partial charge on any atom is -0.476 e. The van der Waals surface area contributed by atoms with Gasteiger partial charge in [0.05, 0.1) is 43.4 Å². The third kappa shape index (κ3) is 8.35. The summed E-state index contributed by atoms with van der Waals surface area (Å²) in [5, 5.41) is 12.0. The zero-order valence-electron chi connectivity index (χ0n) is 23.5. The molecule has 1 aliphatic carbocycles. The fourth-order valence-electron chi connectivity index (χ4n) is 5.36. The Hall–Kier alpha value is -2.84. The van der Waals surface area contributed by atoms with E-state index in [1.54, 1.807) is 30.6 Å². The molecule has 0 bridgehead atoms. The van der Waals surface area contributed by atoms with Crippen molar-refractivity contribution in [3.63, 3.8) is 0 Å². The smallest absolute Gasteiger partial charge is 0.245 e. The van der Waals surface area contributed by atoms with Crippen molar-refractivity contribution in [3.05, 3.63) is 30.6 Å². The van der Waals surface area contributed by atoms with Gasteiger partial charge in [-0.25, -0.2) is 13.4 Å². The highest BCUT2D eigenvalue weighted by Gasteiger charge is 2.21. The molecule has 1 aromatic carbocycles. The molecule has 3 heterocycles. The molecule has 1 aliphatic heterocycles. The second-order valence-electron chi connectivity index (χ2n) is 10.8. The number of rotatable bonds is 14. The van der Waals surface area contributed by atoms with E-state index in [9.17, 15) is 8.42 Å². The maximum atomic E-state index is 13.0. The zero-order chi connectivity index (χ0) is 28.5. The van der Waals surface area contributed by atoms with Crippen molar-refractivity contribution < 1.29 is 23.0 Å². The van der Waals surface area contributed by atoms with E-state index in [1.807, 2.05) is 0 Å². The number of nitrogens with zero attached hydrogens (tertiary/aromatic N) is 5. The van der Waals surface area contributed by atoms with Crippen molar-refractivity contribution in [1.29, 1.82) is 0 Å². The Bertz CT molecular complexity index is 1340. The summed E-state index contributed by atoms with van der Waals surface area (Å²) in [6.45, 7) is 6.33. The Morgan fingerprint density at radius 2 is 1.71 bits per heavy atom. The third-order valence-corrected chi connectivity index (χ3v) is 9.54. The summed E-state index contributed by atoms with van der Waals surface area (Å²) in [5.41, 5.74) is 1.86. The van der Waals surface area contributed by atoms with E-state index in [4.69, 9.17) is 14.6 Å². The fourth-order valence-corrected chi connectivity index (χ4v) is 6.64. The number of aliphatic hydroxyl groups is 1. The topological polar surface area (TPSA) is 146 Å². The number of hydrogen-bond acceptors (Lipinski definition) is 11. The molecule has 0 atom stereocenters. The number of sulfone groups is 1. The van der Waals surface area contributed by atoms with Gasteiger partial charge in [-0.3, -0.25) is 9.80 Å². The summed E-state index contributed by atoms with van der Waals surface area (Å²) in [5.74, 6) is 1.42. The summed E-state index contributed by atoms with van der Waals surface area (Å²) in [6.07, 6.45) is 7.72. The van der Waals surface area contributed by atoms with E-state index in [0.717, 1.165) is 32.7 Å². The summed E-state index contributed by atoms with van der Waals surface area (Å²) >= 11 is 0. The molecule has 2 aliphatic rings. The highest BCUT2D eigenvalue weighted by molar-refractivity contribution is 7.91. The number of aliphatic hydroxyl groups excluding tert-OH is 1. The van der Waals surface area contributed by atoms with Crippen LogP contribution in [0.1, 0.15) is 32.1 Å². The number of benzene rings is 1. The van der Waals surface area contributed by atoms with Gasteiger partial charge in [0.1, 0.15) is 5.52 Å². The Morgan fingerprint density at radius 3 is 2.44 bits per heavy atom. The molecular formula is C28H41N7O5S. The number of piperazine rings is 1. The van der Waals surface area contributed by atoms with Crippen LogP contribution in [0.5, 0.6) is 5.88 Å². The molecule has 2 fully saturated rings. The first-order valence-corrected chi connectivity index (χ1v) is 16.2. The fraction of sp³-hybridized carbons (Fsp3) is 0.607. The number of aromatic amines is 1. The molecular weight excluding hydrogens is 546 g/mol. The molecule has 2 aromatic heterocycles. The molecule has 1 saturated heterocycles. The van der Waals surface area contributed by atoms with Gasteiger partial charge < -0.3 is 24.9 Å². The van der Waals surface area contributed by atoms with E-state index in [2.05, 4.69) is 35.1 Å². The minimum absolute atomic E-state index is 0.0363. The van der Waals surface area contributed by atoms with Gasteiger partial charge >= 0.3 is 0 Å². The maximum Gasteiger partial charge on any atom is 0.245 e. The number of nitrogens with one attached hydrogen (secondary N) is 2. The molecule has 1 saturated carbocycles. The molecule has 13 heteroatoms. The molecule has 0 spiro atoms. The highest BCUT2D eigenvalue weighted by Crippen LogP contribution is 2.27. The second-order valence-corrected chi connectivity index (χ2v) is 12.9. The van der Waals surface area contributed by atoms with Gasteiger partial charge in [-0.2, -0.15) is 9.97 Å². The lowest BCUT2D eigenvalue weighted by atomic mass is 9.90. The summed E-state index contributed by atoms with van der Waals surface area (Å²) in [7, 11) is -3.42. The van der Waals surface area contributed by atoms with E-state index >= 15 is 0 Å². The summed E-state index contributed by atoms with van der Waals surface area (Å²) in [4.78, 5) is 21.2. The second kappa shape index (κ2) is 14.4. The standard InChI is InChI=1S/C28H41N7O5S/c36-16-18-39-17-14-34-10-12-35(13-11-34)15-19-41(37,38)24-8-6-23(7-9-24)31-28-32-26-25(29-21-30-26)27(33-28)40-20-22-4-2-1-3-5-22/h6-9,21-22,36H,1-5,10-20H2,(H2,29,30,31,32,33). The third-order valence-electron chi connectivity index (χ3n) is 7.83. The molecule has 0 radical (unpaired) electrons. The summed E-state index contributed by atoms with van der Waals surface area (Å²) < 4.78 is 37.5. The maximum absolute atomic E-state index is 13.0. The molecule has 5 rings (SSSR count). The van der Waals surface area contributed by atoms with Crippen LogP contribution < -0.4 is 10.1 Å². The monoisotopic (exact) mass is 587 g/mol. The van der Waals surface area contributed by atoms with Crippen LogP contribution in [-0.2, 0) is 14.6 Å². The number of H-pyrrole nitrogens is 1. The molecule has 12 nitrogen and oxygen atoms in total. The lowest BCUT2D eigenvalue weighted by Crippen LogP contribution is -2.48. The molecule has 3 N–H and O–H groups in total. The normalized spacial score (nSPS) is 17.7. The number of aromatic nitrogens is 4. The quantitative estimate of drug-likeness (QED) is 0.239. The van der Waals surface area contributed by atoms with Crippen LogP contribution in [0, 0.1) is 5.92 Å². The van der Waals surface area contributed by atoms with Crippen LogP contribution in [0.25, 0.3) is 11.2 Å². The number of anilines is 2. The minimum atomic E-state index is -3.42. The van der Waals surface area contributed by atoms with Crippen LogP contribution >= 0.6 is 0 Å². The lowest BCUT2D eigenvalue weighted by Gasteiger charge is -2.34. The SMILES string of the molecule is O=S(=O)(CCN1CCN(CCOCCO)CC1)c1ccc(Nc2nc(OCC3CCCCC3)c3[nH]cnc3n2)cc1. The van der Waals surface area contributed by atoms with Gasteiger partial charge in [-0.05, 0) is 43.0 Å². The Morgan fingerprint density at radius 1 is 0.976 bits per heavy atom. The van der Waals surface area contributed by atoms with Crippen LogP contribution in [-0.4, -0.2) is 115 Å². The van der Waals surface area contributed by atoms with Crippen LogP contribution in [0.2, 0.25) is 0 Å². The zero-order valence-corrected chi connectivity index (χ0v) is 24.3. The molecule has 3 aromatic rings. The number of fused-ring (bicyclic) bond motifs is 1. The number of ether oxygens (including phenoxy) is 2. The first-order valence-electron chi connectivity index (χ1n) is 14.6. The lowest BCUT2D eigenvalue weighted by molar-refractivity contribution is 0.0586. The largest absolute Gasteiger partial charge is 0.476 e. The van der Waals surface area contributed by atoms with Gasteiger partial charge in [0.15, 0.2) is 15.5 Å². The van der Waals surface area contributed by atoms with Crippen molar-refractivity contribution in [1.82, 2.24) is 29.7 Å². The van der Waals surface area contributed by atoms with E-state index < -0.39 is 9.84 Å². The van der Waals surface area contributed by atoms with Gasteiger partial charge in [0.25, 0.3) is 0 Å². The predicted octanol–water partition coefficient (Wildman–Crippen LogP) is 2.46. The number of hydrogen-bond donors (Lipinski definition) is 3. The molecule has 224 valence electrons. The van der Waals surface area contributed by atoms with Crippen molar-refractivity contribution >= 4 is 32.6 Å². The predicted molar refractivity (Wildman–Crippen MR) is 156 cm³/mol. The molecule has 0 amide bonds.